The first-order valence-electron chi connectivity index (χ1n) is 5.63. The van der Waals surface area contributed by atoms with Crippen LogP contribution in [0.3, 0.4) is 0 Å². The van der Waals surface area contributed by atoms with Gasteiger partial charge in [-0.05, 0) is 44.0 Å². The molecule has 94 valence electrons. The van der Waals surface area contributed by atoms with Crippen LogP contribution in [0.2, 0.25) is 0 Å². The summed E-state index contributed by atoms with van der Waals surface area (Å²) >= 11 is 0. The monoisotopic (exact) mass is 237 g/mol. The van der Waals surface area contributed by atoms with E-state index in [0.717, 1.165) is 5.56 Å². The van der Waals surface area contributed by atoms with Gasteiger partial charge in [0.15, 0.2) is 6.61 Å². The topological polar surface area (TPSA) is 58.6 Å². The molecule has 0 fully saturated rings. The predicted molar refractivity (Wildman–Crippen MR) is 66.1 cm³/mol. The van der Waals surface area contributed by atoms with E-state index in [9.17, 15) is 4.79 Å². The first-order valence-corrected chi connectivity index (χ1v) is 5.63. The van der Waals surface area contributed by atoms with E-state index < -0.39 is 0 Å². The molecule has 1 rings (SSSR count). The van der Waals surface area contributed by atoms with Crippen molar-refractivity contribution >= 4 is 5.91 Å². The molecule has 17 heavy (non-hydrogen) atoms. The summed E-state index contributed by atoms with van der Waals surface area (Å²) in [6, 6.07) is 5.45. The molecule has 0 aliphatic heterocycles. The fourth-order valence-electron chi connectivity index (χ4n) is 1.31. The van der Waals surface area contributed by atoms with Gasteiger partial charge in [0.25, 0.3) is 5.91 Å². The molecule has 0 spiro atoms. The third kappa shape index (κ3) is 4.44. The van der Waals surface area contributed by atoms with Crippen molar-refractivity contribution in [2.75, 3.05) is 13.2 Å². The molecule has 1 aromatic carbocycles. The maximum atomic E-state index is 11.4. The second kappa shape index (κ2) is 6.25. The summed E-state index contributed by atoms with van der Waals surface area (Å²) in [5.41, 5.74) is 2.32. The molecule has 0 heterocycles. The summed E-state index contributed by atoms with van der Waals surface area (Å²) in [4.78, 5) is 11.4. The molecule has 0 aliphatic carbocycles. The van der Waals surface area contributed by atoms with Gasteiger partial charge in [-0.2, -0.15) is 0 Å². The normalized spacial score (nSPS) is 12.0. The lowest BCUT2D eigenvalue weighted by Gasteiger charge is -2.12. The fourth-order valence-corrected chi connectivity index (χ4v) is 1.31. The number of nitrogens with one attached hydrogen (secondary N) is 1. The molecule has 0 radical (unpaired) electrons. The molecule has 0 aliphatic rings. The summed E-state index contributed by atoms with van der Waals surface area (Å²) in [5.74, 6) is 0.449. The number of ether oxygens (including phenoxy) is 1. The van der Waals surface area contributed by atoms with Crippen molar-refractivity contribution in [2.45, 2.75) is 26.8 Å². The zero-order valence-electron chi connectivity index (χ0n) is 10.5. The zero-order valence-corrected chi connectivity index (χ0v) is 10.5. The van der Waals surface area contributed by atoms with Gasteiger partial charge in [0, 0.05) is 6.04 Å². The van der Waals surface area contributed by atoms with Crippen molar-refractivity contribution in [3.8, 4) is 5.75 Å². The number of benzene rings is 1. The standard InChI is InChI=1S/C13H19NO3/c1-9-4-5-12(6-10(9)2)17-8-13(16)14-11(3)7-15/h4-6,11,15H,7-8H2,1-3H3,(H,14,16)/t11-/m1/s1. The van der Waals surface area contributed by atoms with Crippen LogP contribution in [0.15, 0.2) is 18.2 Å². The lowest BCUT2D eigenvalue weighted by atomic mass is 10.1. The van der Waals surface area contributed by atoms with Gasteiger partial charge in [-0.25, -0.2) is 0 Å². The molecule has 1 atom stereocenters. The number of hydrogen-bond acceptors (Lipinski definition) is 3. The summed E-state index contributed by atoms with van der Waals surface area (Å²) in [5, 5.41) is 11.4. The first kappa shape index (κ1) is 13.5. The minimum Gasteiger partial charge on any atom is -0.484 e. The quantitative estimate of drug-likeness (QED) is 0.808. The minimum absolute atomic E-state index is 0.0349. The van der Waals surface area contributed by atoms with E-state index in [0.29, 0.717) is 5.75 Å². The van der Waals surface area contributed by atoms with Gasteiger partial charge in [-0.3, -0.25) is 4.79 Å². The van der Waals surface area contributed by atoms with Crippen LogP contribution >= 0.6 is 0 Å². The fraction of sp³-hybridized carbons (Fsp3) is 0.462. The van der Waals surface area contributed by atoms with Crippen LogP contribution < -0.4 is 10.1 Å². The van der Waals surface area contributed by atoms with Crippen LogP contribution in [0.1, 0.15) is 18.1 Å². The highest BCUT2D eigenvalue weighted by molar-refractivity contribution is 5.77. The van der Waals surface area contributed by atoms with Crippen molar-refractivity contribution < 1.29 is 14.6 Å². The van der Waals surface area contributed by atoms with Crippen molar-refractivity contribution in [1.29, 1.82) is 0 Å². The Bertz CT molecular complexity index is 390. The Morgan fingerprint density at radius 3 is 2.71 bits per heavy atom. The highest BCUT2D eigenvalue weighted by Crippen LogP contribution is 2.16. The van der Waals surface area contributed by atoms with Gasteiger partial charge in [-0.1, -0.05) is 6.07 Å². The van der Waals surface area contributed by atoms with Crippen LogP contribution in [-0.2, 0) is 4.79 Å². The molecular formula is C13H19NO3. The van der Waals surface area contributed by atoms with Crippen molar-refractivity contribution in [3.05, 3.63) is 29.3 Å². The van der Waals surface area contributed by atoms with Crippen LogP contribution in [0.4, 0.5) is 0 Å². The van der Waals surface area contributed by atoms with E-state index in [4.69, 9.17) is 9.84 Å². The van der Waals surface area contributed by atoms with E-state index in [1.54, 1.807) is 6.92 Å². The Morgan fingerprint density at radius 2 is 2.12 bits per heavy atom. The van der Waals surface area contributed by atoms with Crippen LogP contribution in [0.25, 0.3) is 0 Å². The molecular weight excluding hydrogens is 218 g/mol. The van der Waals surface area contributed by atoms with E-state index >= 15 is 0 Å². The highest BCUT2D eigenvalue weighted by Gasteiger charge is 2.07. The highest BCUT2D eigenvalue weighted by atomic mass is 16.5. The SMILES string of the molecule is Cc1ccc(OCC(=O)N[C@H](C)CO)cc1C. The second-order valence-electron chi connectivity index (χ2n) is 4.19. The van der Waals surface area contributed by atoms with Crippen LogP contribution in [0.5, 0.6) is 5.75 Å². The Balaban J connectivity index is 2.45. The number of carbonyl (C=O) groups is 1. The second-order valence-corrected chi connectivity index (χ2v) is 4.19. The largest absolute Gasteiger partial charge is 0.484 e. The van der Waals surface area contributed by atoms with Gasteiger partial charge in [0.1, 0.15) is 5.75 Å². The Labute approximate surface area is 102 Å². The number of aliphatic hydroxyl groups excluding tert-OH is 1. The summed E-state index contributed by atoms with van der Waals surface area (Å²) < 4.78 is 5.36. The molecule has 0 bridgehead atoms. The number of amides is 1. The Hall–Kier alpha value is -1.55. The van der Waals surface area contributed by atoms with Gasteiger partial charge in [-0.15, -0.1) is 0 Å². The summed E-state index contributed by atoms with van der Waals surface area (Å²) in [6.45, 7) is 5.64. The lowest BCUT2D eigenvalue weighted by Crippen LogP contribution is -2.38. The molecule has 1 amide bonds. The van der Waals surface area contributed by atoms with Crippen molar-refractivity contribution in [1.82, 2.24) is 5.32 Å². The maximum absolute atomic E-state index is 11.4. The molecule has 0 saturated heterocycles. The number of hydrogen-bond donors (Lipinski definition) is 2. The van der Waals surface area contributed by atoms with E-state index in [1.807, 2.05) is 32.0 Å². The van der Waals surface area contributed by atoms with Crippen LogP contribution in [0, 0.1) is 13.8 Å². The van der Waals surface area contributed by atoms with Gasteiger partial charge >= 0.3 is 0 Å². The van der Waals surface area contributed by atoms with Gasteiger partial charge in [0.2, 0.25) is 0 Å². The number of aliphatic hydroxyl groups is 1. The average Bonchev–Trinajstić information content (AvgIpc) is 2.30. The Morgan fingerprint density at radius 1 is 1.41 bits per heavy atom. The van der Waals surface area contributed by atoms with E-state index in [-0.39, 0.29) is 25.2 Å². The number of aryl methyl sites for hydroxylation is 2. The van der Waals surface area contributed by atoms with Crippen molar-refractivity contribution in [2.24, 2.45) is 0 Å². The third-order valence-electron chi connectivity index (χ3n) is 2.53. The molecule has 0 saturated carbocycles. The van der Waals surface area contributed by atoms with Crippen molar-refractivity contribution in [3.63, 3.8) is 0 Å². The smallest absolute Gasteiger partial charge is 0.258 e. The molecule has 4 heteroatoms. The molecule has 1 aromatic rings. The minimum atomic E-state index is -0.245. The first-order chi connectivity index (χ1) is 8.02. The number of carbonyl (C=O) groups excluding carboxylic acids is 1. The maximum Gasteiger partial charge on any atom is 0.258 e. The van der Waals surface area contributed by atoms with E-state index in [2.05, 4.69) is 5.32 Å². The molecule has 0 unspecified atom stereocenters. The summed E-state index contributed by atoms with van der Waals surface area (Å²) in [6.07, 6.45) is 0. The summed E-state index contributed by atoms with van der Waals surface area (Å²) in [7, 11) is 0. The van der Waals surface area contributed by atoms with Gasteiger partial charge < -0.3 is 15.2 Å². The molecule has 4 nitrogen and oxygen atoms in total. The average molecular weight is 237 g/mol. The molecule has 0 aromatic heterocycles. The van der Waals surface area contributed by atoms with E-state index in [1.165, 1.54) is 5.56 Å². The van der Waals surface area contributed by atoms with Gasteiger partial charge in [0.05, 0.1) is 6.61 Å². The lowest BCUT2D eigenvalue weighted by molar-refractivity contribution is -0.123. The van der Waals surface area contributed by atoms with Crippen LogP contribution in [-0.4, -0.2) is 30.3 Å². The molecule has 2 N–H and O–H groups in total. The predicted octanol–water partition coefficient (Wildman–Crippen LogP) is 1.18. The Kier molecular flexibility index (Phi) is 4.97. The number of rotatable bonds is 5. The zero-order chi connectivity index (χ0) is 12.8. The third-order valence-corrected chi connectivity index (χ3v) is 2.53.